The van der Waals surface area contributed by atoms with E-state index in [9.17, 15) is 9.18 Å². The normalized spacial score (nSPS) is 9.69. The van der Waals surface area contributed by atoms with Crippen molar-refractivity contribution in [2.45, 2.75) is 0 Å². The summed E-state index contributed by atoms with van der Waals surface area (Å²) in [5.74, 6) is -1.83. The van der Waals surface area contributed by atoms with Gasteiger partial charge in [0.25, 0.3) is 0 Å². The lowest BCUT2D eigenvalue weighted by Gasteiger charge is -2.03. The average Bonchev–Trinajstić information content (AvgIpc) is 2.02. The molecule has 0 spiro atoms. The van der Waals surface area contributed by atoms with Crippen LogP contribution in [0.3, 0.4) is 0 Å². The van der Waals surface area contributed by atoms with Gasteiger partial charge in [0.2, 0.25) is 5.95 Å². The second-order valence-electron chi connectivity index (χ2n) is 2.12. The molecular formula is C7H5ClFNO3. The van der Waals surface area contributed by atoms with Crippen molar-refractivity contribution in [3.05, 3.63) is 23.2 Å². The first-order valence-electron chi connectivity index (χ1n) is 3.25. The van der Waals surface area contributed by atoms with E-state index in [1.54, 1.807) is 0 Å². The third-order valence-corrected chi connectivity index (χ3v) is 1.43. The van der Waals surface area contributed by atoms with E-state index in [0.29, 0.717) is 0 Å². The molecular weight excluding hydrogens is 201 g/mol. The highest BCUT2D eigenvalue weighted by molar-refractivity contribution is 6.32. The first-order chi connectivity index (χ1) is 6.09. The summed E-state index contributed by atoms with van der Waals surface area (Å²) in [5, 5.41) is 8.25. The van der Waals surface area contributed by atoms with Crippen molar-refractivity contribution < 1.29 is 19.0 Å². The highest BCUT2D eigenvalue weighted by Crippen LogP contribution is 2.22. The fourth-order valence-corrected chi connectivity index (χ4v) is 0.834. The molecule has 1 aromatic rings. The van der Waals surface area contributed by atoms with Crippen molar-refractivity contribution in [3.8, 4) is 5.75 Å². The number of carboxylic acid groups (broad SMARTS) is 1. The molecule has 0 aliphatic heterocycles. The molecule has 0 aromatic carbocycles. The smallest absolute Gasteiger partial charge is 0.341 e. The Kier molecular flexibility index (Phi) is 3.02. The Balaban J connectivity index is 2.72. The largest absolute Gasteiger partial charge is 0.479 e. The number of aromatic nitrogens is 1. The standard InChI is InChI=1S/C7H5ClFNO3/c8-4-1-6(9)10-2-5(4)13-3-7(11)12/h1-2H,3H2,(H,11,12). The molecule has 0 aliphatic rings. The van der Waals surface area contributed by atoms with E-state index >= 15 is 0 Å². The summed E-state index contributed by atoms with van der Waals surface area (Å²) in [7, 11) is 0. The Morgan fingerprint density at radius 1 is 1.77 bits per heavy atom. The molecule has 1 N–H and O–H groups in total. The van der Waals surface area contributed by atoms with E-state index < -0.39 is 18.5 Å². The minimum absolute atomic E-state index is 0.00579. The predicted molar refractivity (Wildman–Crippen MR) is 42.3 cm³/mol. The van der Waals surface area contributed by atoms with Gasteiger partial charge in [-0.05, 0) is 0 Å². The monoisotopic (exact) mass is 205 g/mol. The summed E-state index contributed by atoms with van der Waals surface area (Å²) in [6.07, 6.45) is 1.03. The van der Waals surface area contributed by atoms with Gasteiger partial charge in [-0.15, -0.1) is 0 Å². The van der Waals surface area contributed by atoms with Crippen LogP contribution in [0, 0.1) is 5.95 Å². The SMILES string of the molecule is O=C(O)COc1cnc(F)cc1Cl. The molecule has 6 heteroatoms. The maximum Gasteiger partial charge on any atom is 0.341 e. The van der Waals surface area contributed by atoms with Crippen LogP contribution >= 0.6 is 11.6 Å². The fraction of sp³-hybridized carbons (Fsp3) is 0.143. The summed E-state index contributed by atoms with van der Waals surface area (Å²) in [6.45, 7) is -0.535. The molecule has 0 amide bonds. The van der Waals surface area contributed by atoms with Crippen LogP contribution in [0.15, 0.2) is 12.3 Å². The zero-order valence-electron chi connectivity index (χ0n) is 6.33. The van der Waals surface area contributed by atoms with E-state index in [4.69, 9.17) is 21.4 Å². The first kappa shape index (κ1) is 9.73. The minimum Gasteiger partial charge on any atom is -0.479 e. The van der Waals surface area contributed by atoms with Gasteiger partial charge >= 0.3 is 5.97 Å². The molecule has 1 aromatic heterocycles. The van der Waals surface area contributed by atoms with Gasteiger partial charge in [0.15, 0.2) is 12.4 Å². The van der Waals surface area contributed by atoms with Crippen LogP contribution in [0.4, 0.5) is 4.39 Å². The summed E-state index contributed by atoms with van der Waals surface area (Å²) in [4.78, 5) is 13.3. The Labute approximate surface area is 77.9 Å². The molecule has 70 valence electrons. The molecule has 0 saturated carbocycles. The van der Waals surface area contributed by atoms with Crippen molar-refractivity contribution in [2.24, 2.45) is 0 Å². The molecule has 0 fully saturated rings. The number of pyridine rings is 1. The van der Waals surface area contributed by atoms with Gasteiger partial charge in [-0.3, -0.25) is 0 Å². The number of carbonyl (C=O) groups is 1. The van der Waals surface area contributed by atoms with Gasteiger partial charge in [-0.25, -0.2) is 9.78 Å². The van der Waals surface area contributed by atoms with Crippen LogP contribution in [0.1, 0.15) is 0 Å². The van der Waals surface area contributed by atoms with E-state index in [-0.39, 0.29) is 10.8 Å². The minimum atomic E-state index is -1.14. The van der Waals surface area contributed by atoms with Crippen molar-refractivity contribution >= 4 is 17.6 Å². The lowest BCUT2D eigenvalue weighted by molar-refractivity contribution is -0.139. The Morgan fingerprint density at radius 3 is 3.00 bits per heavy atom. The number of rotatable bonds is 3. The zero-order chi connectivity index (χ0) is 9.84. The molecule has 13 heavy (non-hydrogen) atoms. The number of aliphatic carboxylic acids is 1. The van der Waals surface area contributed by atoms with Crippen molar-refractivity contribution in [1.29, 1.82) is 0 Å². The Bertz CT molecular complexity index is 332. The van der Waals surface area contributed by atoms with Gasteiger partial charge in [-0.1, -0.05) is 11.6 Å². The zero-order valence-corrected chi connectivity index (χ0v) is 7.08. The third kappa shape index (κ3) is 2.87. The molecule has 0 atom stereocenters. The second kappa shape index (κ2) is 4.04. The van der Waals surface area contributed by atoms with Crippen molar-refractivity contribution in [1.82, 2.24) is 4.98 Å². The molecule has 1 rings (SSSR count). The number of hydrogen-bond acceptors (Lipinski definition) is 3. The molecule has 0 radical (unpaired) electrons. The molecule has 0 aliphatic carbocycles. The van der Waals surface area contributed by atoms with Crippen LogP contribution in [-0.2, 0) is 4.79 Å². The van der Waals surface area contributed by atoms with Crippen LogP contribution in [0.25, 0.3) is 0 Å². The van der Waals surface area contributed by atoms with E-state index in [0.717, 1.165) is 12.3 Å². The fourth-order valence-electron chi connectivity index (χ4n) is 0.641. The van der Waals surface area contributed by atoms with Gasteiger partial charge in [0.05, 0.1) is 11.2 Å². The molecule has 4 nitrogen and oxygen atoms in total. The van der Waals surface area contributed by atoms with Crippen molar-refractivity contribution in [2.75, 3.05) is 6.61 Å². The highest BCUT2D eigenvalue weighted by atomic mass is 35.5. The molecule has 1 heterocycles. The van der Waals surface area contributed by atoms with Crippen LogP contribution in [0.5, 0.6) is 5.75 Å². The maximum absolute atomic E-state index is 12.4. The first-order valence-corrected chi connectivity index (χ1v) is 3.63. The van der Waals surface area contributed by atoms with Gasteiger partial charge in [0.1, 0.15) is 0 Å². The molecule has 0 bridgehead atoms. The number of halogens is 2. The second-order valence-corrected chi connectivity index (χ2v) is 2.53. The third-order valence-electron chi connectivity index (χ3n) is 1.14. The topological polar surface area (TPSA) is 59.4 Å². The van der Waals surface area contributed by atoms with Crippen LogP contribution in [0.2, 0.25) is 5.02 Å². The lowest BCUT2D eigenvalue weighted by atomic mass is 10.4. The Hall–Kier alpha value is -1.36. The summed E-state index contributed by atoms with van der Waals surface area (Å²) in [5.41, 5.74) is 0. The van der Waals surface area contributed by atoms with Crippen LogP contribution in [-0.4, -0.2) is 22.7 Å². The Morgan fingerprint density at radius 2 is 2.46 bits per heavy atom. The van der Waals surface area contributed by atoms with E-state index in [1.807, 2.05) is 0 Å². The molecule has 0 unspecified atom stereocenters. The maximum atomic E-state index is 12.4. The number of carboxylic acids is 1. The van der Waals surface area contributed by atoms with E-state index in [1.165, 1.54) is 0 Å². The number of nitrogens with zero attached hydrogens (tertiary/aromatic N) is 1. The van der Waals surface area contributed by atoms with Crippen molar-refractivity contribution in [3.63, 3.8) is 0 Å². The lowest BCUT2D eigenvalue weighted by Crippen LogP contribution is -2.09. The van der Waals surface area contributed by atoms with Crippen LogP contribution < -0.4 is 4.74 Å². The van der Waals surface area contributed by atoms with Gasteiger partial charge in [-0.2, -0.15) is 4.39 Å². The number of ether oxygens (including phenoxy) is 1. The van der Waals surface area contributed by atoms with E-state index in [2.05, 4.69) is 4.98 Å². The number of hydrogen-bond donors (Lipinski definition) is 1. The quantitative estimate of drug-likeness (QED) is 0.757. The predicted octanol–water partition coefficient (Wildman–Crippen LogP) is 1.34. The molecule has 0 saturated heterocycles. The highest BCUT2D eigenvalue weighted by Gasteiger charge is 2.05. The van der Waals surface area contributed by atoms with Gasteiger partial charge < -0.3 is 9.84 Å². The average molecular weight is 206 g/mol. The summed E-state index contributed by atoms with van der Waals surface area (Å²) >= 11 is 5.52. The summed E-state index contributed by atoms with van der Waals surface area (Å²) < 4.78 is 17.1. The van der Waals surface area contributed by atoms with Gasteiger partial charge in [0, 0.05) is 6.07 Å². The summed E-state index contributed by atoms with van der Waals surface area (Å²) in [6, 6.07) is 0.943.